The minimum atomic E-state index is -0.351. The molecule has 26 nitrogen and oxygen atoms in total. The molecule has 0 saturated carbocycles. The molecule has 4 amide bonds. The van der Waals surface area contributed by atoms with Crippen LogP contribution in [0.2, 0.25) is 20.1 Å². The fraction of sp³-hybridized carbons (Fsp3) is 0.209. The molecule has 16 aromatic rings. The zero-order valence-electron chi connectivity index (χ0n) is 67.1. The summed E-state index contributed by atoms with van der Waals surface area (Å²) >= 11 is 27.3. The minimum Gasteiger partial charge on any atom is -0.383 e. The summed E-state index contributed by atoms with van der Waals surface area (Å²) in [6.07, 6.45) is 0. The number of nitrogens with one attached hydrogen (secondary N) is 3. The van der Waals surface area contributed by atoms with E-state index in [9.17, 15) is 23.6 Å². The van der Waals surface area contributed by atoms with Crippen molar-refractivity contribution in [2.45, 2.75) is 53.9 Å². The number of amides is 4. The van der Waals surface area contributed by atoms with Crippen molar-refractivity contribution in [2.75, 3.05) is 59.7 Å². The largest absolute Gasteiger partial charge is 0.383 e. The van der Waals surface area contributed by atoms with Gasteiger partial charge in [0.2, 0.25) is 23.6 Å². The zero-order chi connectivity index (χ0) is 85.2. The molecular formula is C91H83Cl4FN20O6. The highest BCUT2D eigenvalue weighted by molar-refractivity contribution is 6.40. The Hall–Kier alpha value is -13.2. The third-order valence-corrected chi connectivity index (χ3v) is 20.9. The number of aromatic nitrogens is 16. The number of halogens is 5. The highest BCUT2D eigenvalue weighted by atomic mass is 35.5. The second-order valence-corrected chi connectivity index (χ2v) is 30.6. The molecule has 0 radical (unpaired) electrons. The molecule has 0 spiro atoms. The molecular weight excluding hydrogens is 1630 g/mol. The van der Waals surface area contributed by atoms with E-state index >= 15 is 0 Å². The lowest BCUT2D eigenvalue weighted by atomic mass is 10.1. The van der Waals surface area contributed by atoms with Crippen molar-refractivity contribution in [1.82, 2.24) is 101 Å². The van der Waals surface area contributed by atoms with E-state index in [1.165, 1.54) is 21.5 Å². The summed E-state index contributed by atoms with van der Waals surface area (Å²) in [6.45, 7) is 12.5. The molecule has 9 heterocycles. The van der Waals surface area contributed by atoms with Crippen LogP contribution in [0.25, 0.3) is 134 Å². The molecule has 0 aliphatic carbocycles. The van der Waals surface area contributed by atoms with Gasteiger partial charge in [0, 0.05) is 84.3 Å². The summed E-state index contributed by atoms with van der Waals surface area (Å²) < 4.78 is 30.0. The van der Waals surface area contributed by atoms with Crippen LogP contribution in [-0.4, -0.2) is 168 Å². The van der Waals surface area contributed by atoms with Gasteiger partial charge in [0.05, 0.1) is 61.5 Å². The molecule has 3 N–H and O–H groups in total. The Kier molecular flexibility index (Phi) is 28.2. The summed E-state index contributed by atoms with van der Waals surface area (Å²) in [5.41, 5.74) is 13.4. The monoisotopic (exact) mass is 1710 g/mol. The molecule has 1 fully saturated rings. The summed E-state index contributed by atoms with van der Waals surface area (Å²) in [5.74, 6) is -0.155. The zero-order valence-corrected chi connectivity index (χ0v) is 70.1. The number of hydrogen-bond acceptors (Lipinski definition) is 18. The number of fused-ring (bicyclic) bond motifs is 4. The van der Waals surface area contributed by atoms with Gasteiger partial charge in [0.15, 0.2) is 22.6 Å². The van der Waals surface area contributed by atoms with E-state index in [1.807, 2.05) is 240 Å². The molecule has 17 rings (SSSR count). The van der Waals surface area contributed by atoms with Gasteiger partial charge in [-0.05, 0) is 36.1 Å². The Balaban J connectivity index is 0.000000133. The van der Waals surface area contributed by atoms with Crippen molar-refractivity contribution in [1.29, 1.82) is 0 Å². The van der Waals surface area contributed by atoms with Gasteiger partial charge in [0.1, 0.15) is 77.5 Å². The van der Waals surface area contributed by atoms with Crippen LogP contribution in [0.5, 0.6) is 0 Å². The highest BCUT2D eigenvalue weighted by Gasteiger charge is 2.29. The van der Waals surface area contributed by atoms with Gasteiger partial charge < -0.3 is 30.3 Å². The average molecular weight is 1710 g/mol. The van der Waals surface area contributed by atoms with Crippen LogP contribution in [0.1, 0.15) is 27.7 Å². The molecule has 0 unspecified atom stereocenters. The number of morpholine rings is 1. The second-order valence-electron chi connectivity index (χ2n) is 29.1. The van der Waals surface area contributed by atoms with E-state index in [0.29, 0.717) is 180 Å². The smallest absolute Gasteiger partial charge is 0.244 e. The minimum absolute atomic E-state index is 0.00272. The average Bonchev–Trinajstić information content (AvgIpc) is 1.62. The Morgan fingerprint density at radius 1 is 0.361 bits per heavy atom. The number of methoxy groups -OCH3 is 1. The number of nitrogens with zero attached hydrogens (tertiary/aromatic N) is 17. The van der Waals surface area contributed by atoms with E-state index in [4.69, 9.17) is 66.1 Å². The lowest BCUT2D eigenvalue weighted by molar-refractivity contribution is -0.136. The third-order valence-electron chi connectivity index (χ3n) is 19.4. The fourth-order valence-electron chi connectivity index (χ4n) is 13.4. The van der Waals surface area contributed by atoms with Gasteiger partial charge in [-0.2, -0.15) is 20.4 Å². The van der Waals surface area contributed by atoms with Gasteiger partial charge in [0.25, 0.3) is 0 Å². The summed E-state index contributed by atoms with van der Waals surface area (Å²) in [4.78, 5) is 51.8. The molecule has 0 atom stereocenters. The highest BCUT2D eigenvalue weighted by Crippen LogP contribution is 2.42. The number of rotatable bonds is 23. The first-order chi connectivity index (χ1) is 59.4. The predicted octanol–water partition coefficient (Wildman–Crippen LogP) is 16.6. The standard InChI is InChI=1S/C23H19ClFN5O2.2C23H22ClN5O.C22H20ClN5O2/c24-20-19-21(16-6-8-17(25)9-7-16)28-30(14-18(31)29-10-12-32-13-11-29)23(19)27-26-22(20)15-4-2-1-3-5-15;2*1-15(2)13-25-18(30)14-29-23-19(21(28-29)16-9-5-3-6-10-16)20(24)22(26-27-23)17-11-7-4-8-12-17;1-30-13-12-24-17(29)14-28-22-18(20(27-28)15-8-4-2-5-9-15)19(23)21(25-26-22)16-10-6-3-7-11-16/h1-9H,10-14H2;2*3-12,15H,13-14H2,1-2H3,(H,25,30);2-11H,12-14H2,1H3,(H,24,29). The van der Waals surface area contributed by atoms with E-state index in [-0.39, 0.29) is 55.6 Å². The summed E-state index contributed by atoms with van der Waals surface area (Å²) in [7, 11) is 1.58. The van der Waals surface area contributed by atoms with Crippen LogP contribution < -0.4 is 16.0 Å². The molecule has 1 saturated heterocycles. The number of carbonyl (C=O) groups is 4. The van der Waals surface area contributed by atoms with Crippen LogP contribution in [0.4, 0.5) is 4.39 Å². The van der Waals surface area contributed by atoms with Crippen molar-refractivity contribution in [2.24, 2.45) is 11.8 Å². The fourth-order valence-corrected chi connectivity index (χ4v) is 14.7. The molecule has 1 aliphatic heterocycles. The van der Waals surface area contributed by atoms with Crippen molar-refractivity contribution in [3.05, 3.63) is 262 Å². The molecule has 122 heavy (non-hydrogen) atoms. The van der Waals surface area contributed by atoms with Crippen molar-refractivity contribution >= 4 is 114 Å². The molecule has 8 aromatic carbocycles. The Bertz CT molecular complexity index is 6120. The maximum atomic E-state index is 13.5. The van der Waals surface area contributed by atoms with Gasteiger partial charge in [-0.3, -0.25) is 19.2 Å². The lowest BCUT2D eigenvalue weighted by Crippen LogP contribution is -2.42. The summed E-state index contributed by atoms with van der Waals surface area (Å²) in [5, 5.41) is 66.6. The Labute approximate surface area is 721 Å². The number of hydrogen-bond donors (Lipinski definition) is 3. The maximum absolute atomic E-state index is 13.5. The van der Waals surface area contributed by atoms with Crippen LogP contribution >= 0.6 is 46.4 Å². The Morgan fingerprint density at radius 3 is 0.885 bits per heavy atom. The van der Waals surface area contributed by atoms with Gasteiger partial charge >= 0.3 is 0 Å². The van der Waals surface area contributed by atoms with E-state index in [2.05, 4.69) is 66.9 Å². The normalized spacial score (nSPS) is 11.9. The molecule has 618 valence electrons. The SMILES string of the molecule is CC(C)CNC(=O)Cn1nc(-c2ccccc2)c2c(Cl)c(-c3ccccc3)nnc21.CC(C)CNC(=O)Cn1nc(-c2ccccc2)c2c(Cl)c(-c3ccccc3)nnc21.COCCNC(=O)Cn1nc(-c2ccccc2)c2c(Cl)c(-c3ccccc3)nnc21.O=C(Cn1nc(-c2ccc(F)cc2)c2c(Cl)c(-c3ccccc3)nnc21)N1CCOCC1. The first kappa shape index (κ1) is 85.3. The summed E-state index contributed by atoms with van der Waals surface area (Å²) in [6, 6.07) is 73.6. The van der Waals surface area contributed by atoms with Crippen molar-refractivity contribution in [3.63, 3.8) is 0 Å². The van der Waals surface area contributed by atoms with Crippen LogP contribution in [0.3, 0.4) is 0 Å². The predicted molar refractivity (Wildman–Crippen MR) is 473 cm³/mol. The van der Waals surface area contributed by atoms with Gasteiger partial charge in [-0.25, -0.2) is 23.1 Å². The van der Waals surface area contributed by atoms with E-state index < -0.39 is 0 Å². The van der Waals surface area contributed by atoms with E-state index in [0.717, 1.165) is 38.9 Å². The quantitative estimate of drug-likeness (QED) is 0.0501. The first-order valence-electron chi connectivity index (χ1n) is 39.4. The topological polar surface area (TPSA) is 300 Å². The van der Waals surface area contributed by atoms with Crippen molar-refractivity contribution in [3.8, 4) is 90.1 Å². The third kappa shape index (κ3) is 20.1. The van der Waals surface area contributed by atoms with Gasteiger partial charge in [-0.1, -0.05) is 286 Å². The number of ether oxygens (including phenoxy) is 2. The van der Waals surface area contributed by atoms with E-state index in [1.54, 1.807) is 33.5 Å². The second kappa shape index (κ2) is 40.3. The molecule has 8 aromatic heterocycles. The first-order valence-corrected chi connectivity index (χ1v) is 40.9. The Morgan fingerprint density at radius 2 is 0.615 bits per heavy atom. The molecule has 1 aliphatic rings. The lowest BCUT2D eigenvalue weighted by Gasteiger charge is -2.26. The van der Waals surface area contributed by atoms with Crippen LogP contribution in [-0.2, 0) is 54.8 Å². The molecule has 0 bridgehead atoms. The van der Waals surface area contributed by atoms with Crippen molar-refractivity contribution < 1.29 is 33.0 Å². The van der Waals surface area contributed by atoms with Crippen LogP contribution in [0.15, 0.2) is 237 Å². The van der Waals surface area contributed by atoms with Gasteiger partial charge in [-0.15, -0.1) is 40.8 Å². The molecule has 31 heteroatoms. The number of carbonyl (C=O) groups excluding carboxylic acids is 4. The number of benzene rings is 8. The van der Waals surface area contributed by atoms with Crippen LogP contribution in [0, 0.1) is 17.7 Å². The maximum Gasteiger partial charge on any atom is 0.244 e.